The molecule has 0 aliphatic carbocycles. The van der Waals surface area contributed by atoms with Crippen molar-refractivity contribution < 1.29 is 5.11 Å². The van der Waals surface area contributed by atoms with Gasteiger partial charge in [0, 0.05) is 17.0 Å². The zero-order chi connectivity index (χ0) is 15.2. The van der Waals surface area contributed by atoms with Gasteiger partial charge >= 0.3 is 0 Å². The van der Waals surface area contributed by atoms with Gasteiger partial charge in [0.15, 0.2) is 0 Å². The van der Waals surface area contributed by atoms with Crippen molar-refractivity contribution in [3.8, 4) is 0 Å². The summed E-state index contributed by atoms with van der Waals surface area (Å²) in [6.07, 6.45) is 1.67. The molecular formula is C16H29NOS2. The van der Waals surface area contributed by atoms with E-state index >= 15 is 0 Å². The molecule has 2 nitrogen and oxygen atoms in total. The summed E-state index contributed by atoms with van der Waals surface area (Å²) >= 11 is 3.63. The maximum absolute atomic E-state index is 10.3. The second-order valence-corrected chi connectivity index (χ2v) is 8.57. The lowest BCUT2D eigenvalue weighted by Crippen LogP contribution is -2.42. The van der Waals surface area contributed by atoms with Gasteiger partial charge in [-0.15, -0.1) is 23.1 Å². The molecule has 0 saturated carbocycles. The van der Waals surface area contributed by atoms with Crippen molar-refractivity contribution in [1.82, 2.24) is 4.90 Å². The lowest BCUT2D eigenvalue weighted by atomic mass is 10.0. The predicted octanol–water partition coefficient (Wildman–Crippen LogP) is 4.79. The first-order chi connectivity index (χ1) is 9.38. The summed E-state index contributed by atoms with van der Waals surface area (Å²) in [4.78, 5) is 3.52. The molecule has 1 rings (SSSR count). The van der Waals surface area contributed by atoms with Crippen LogP contribution in [0.3, 0.4) is 0 Å². The van der Waals surface area contributed by atoms with Crippen molar-refractivity contribution in [3.63, 3.8) is 0 Å². The summed E-state index contributed by atoms with van der Waals surface area (Å²) in [5.41, 5.74) is 0.173. The van der Waals surface area contributed by atoms with E-state index in [9.17, 15) is 5.11 Å². The Morgan fingerprint density at radius 1 is 1.30 bits per heavy atom. The maximum atomic E-state index is 10.3. The molecule has 0 aromatic carbocycles. The van der Waals surface area contributed by atoms with Crippen molar-refractivity contribution in [2.45, 2.75) is 63.3 Å². The summed E-state index contributed by atoms with van der Waals surface area (Å²) in [6, 6.07) is 4.23. The molecule has 20 heavy (non-hydrogen) atoms. The normalized spacial score (nSPS) is 13.9. The van der Waals surface area contributed by atoms with Crippen LogP contribution in [0.4, 0.5) is 0 Å². The summed E-state index contributed by atoms with van der Waals surface area (Å²) in [5.74, 6) is 1.16. The monoisotopic (exact) mass is 315 g/mol. The van der Waals surface area contributed by atoms with Gasteiger partial charge < -0.3 is 5.11 Å². The van der Waals surface area contributed by atoms with Crippen LogP contribution in [0.15, 0.2) is 16.3 Å². The molecule has 0 aliphatic heterocycles. The van der Waals surface area contributed by atoms with Gasteiger partial charge in [-0.2, -0.15) is 0 Å². The molecule has 1 atom stereocenters. The molecule has 1 aromatic heterocycles. The summed E-state index contributed by atoms with van der Waals surface area (Å²) in [5, 5.41) is 10.3. The topological polar surface area (TPSA) is 23.5 Å². The van der Waals surface area contributed by atoms with Gasteiger partial charge in [-0.25, -0.2) is 0 Å². The zero-order valence-corrected chi connectivity index (χ0v) is 15.1. The van der Waals surface area contributed by atoms with Crippen molar-refractivity contribution in [1.29, 1.82) is 0 Å². The maximum Gasteiger partial charge on any atom is 0.0894 e. The van der Waals surface area contributed by atoms with Crippen LogP contribution in [0.5, 0.6) is 0 Å². The zero-order valence-electron chi connectivity index (χ0n) is 13.5. The number of rotatable bonds is 8. The van der Waals surface area contributed by atoms with E-state index in [0.717, 1.165) is 30.1 Å². The number of thiophene rings is 1. The van der Waals surface area contributed by atoms with E-state index in [0.29, 0.717) is 0 Å². The average molecular weight is 316 g/mol. The predicted molar refractivity (Wildman–Crippen MR) is 91.9 cm³/mol. The number of aliphatic hydroxyl groups excluding tert-OH is 1. The standard InChI is InChI=1S/C16H29NOS2/c1-6-12-19-15-9-8-14(20-15)13(18)10-11-17(7-2)16(3,4)5/h8-9,13,18H,6-7,10-12H2,1-5H3. The fourth-order valence-electron chi connectivity index (χ4n) is 2.18. The first-order valence-corrected chi connectivity index (χ1v) is 9.34. The molecule has 1 unspecified atom stereocenters. The molecule has 0 spiro atoms. The van der Waals surface area contributed by atoms with Crippen molar-refractivity contribution in [3.05, 3.63) is 17.0 Å². The smallest absolute Gasteiger partial charge is 0.0894 e. The Labute approximate surface area is 132 Å². The molecule has 0 bridgehead atoms. The molecule has 0 fully saturated rings. The molecule has 116 valence electrons. The van der Waals surface area contributed by atoms with Crippen LogP contribution < -0.4 is 0 Å². The highest BCUT2D eigenvalue weighted by atomic mass is 32.2. The summed E-state index contributed by atoms with van der Waals surface area (Å²) in [6.45, 7) is 13.0. The van der Waals surface area contributed by atoms with E-state index in [1.807, 2.05) is 11.8 Å². The molecule has 4 heteroatoms. The molecule has 0 radical (unpaired) electrons. The van der Waals surface area contributed by atoms with Gasteiger partial charge in [0.2, 0.25) is 0 Å². The van der Waals surface area contributed by atoms with E-state index in [2.05, 4.69) is 51.7 Å². The molecule has 1 heterocycles. The Morgan fingerprint density at radius 3 is 2.55 bits per heavy atom. The van der Waals surface area contributed by atoms with Crippen LogP contribution in [-0.2, 0) is 0 Å². The number of hydrogen-bond acceptors (Lipinski definition) is 4. The van der Waals surface area contributed by atoms with Crippen molar-refractivity contribution in [2.75, 3.05) is 18.8 Å². The minimum Gasteiger partial charge on any atom is -0.388 e. The van der Waals surface area contributed by atoms with Gasteiger partial charge in [0.1, 0.15) is 0 Å². The minimum absolute atomic E-state index is 0.173. The molecule has 0 amide bonds. The van der Waals surface area contributed by atoms with E-state index < -0.39 is 0 Å². The van der Waals surface area contributed by atoms with E-state index in [-0.39, 0.29) is 11.6 Å². The van der Waals surface area contributed by atoms with E-state index in [1.54, 1.807) is 11.3 Å². The van der Waals surface area contributed by atoms with E-state index in [4.69, 9.17) is 0 Å². The third-order valence-corrected chi connectivity index (χ3v) is 6.00. The Hall–Kier alpha value is -0.0300. The molecule has 0 aliphatic rings. The molecule has 1 N–H and O–H groups in total. The quantitative estimate of drug-likeness (QED) is 0.697. The second kappa shape index (κ2) is 8.42. The van der Waals surface area contributed by atoms with Crippen LogP contribution in [0, 0.1) is 0 Å². The average Bonchev–Trinajstić information content (AvgIpc) is 2.84. The first kappa shape index (κ1) is 18.0. The lowest BCUT2D eigenvalue weighted by molar-refractivity contribution is 0.101. The largest absolute Gasteiger partial charge is 0.388 e. The fourth-order valence-corrected chi connectivity index (χ4v) is 4.28. The highest BCUT2D eigenvalue weighted by Crippen LogP contribution is 2.32. The second-order valence-electron chi connectivity index (χ2n) is 6.06. The van der Waals surface area contributed by atoms with Crippen molar-refractivity contribution >= 4 is 23.1 Å². The van der Waals surface area contributed by atoms with Crippen LogP contribution >= 0.6 is 23.1 Å². The van der Waals surface area contributed by atoms with Gasteiger partial charge in [0.25, 0.3) is 0 Å². The van der Waals surface area contributed by atoms with Crippen LogP contribution in [0.1, 0.15) is 58.4 Å². The third-order valence-electron chi connectivity index (χ3n) is 3.38. The Morgan fingerprint density at radius 2 is 2.00 bits per heavy atom. The van der Waals surface area contributed by atoms with Crippen LogP contribution in [0.2, 0.25) is 0 Å². The molecule has 0 saturated heterocycles. The van der Waals surface area contributed by atoms with Gasteiger partial charge in [0.05, 0.1) is 10.3 Å². The minimum atomic E-state index is -0.327. The van der Waals surface area contributed by atoms with E-state index in [1.165, 1.54) is 10.6 Å². The highest BCUT2D eigenvalue weighted by Gasteiger charge is 2.21. The number of hydrogen-bond donors (Lipinski definition) is 1. The van der Waals surface area contributed by atoms with Crippen LogP contribution in [-0.4, -0.2) is 34.4 Å². The lowest BCUT2D eigenvalue weighted by Gasteiger charge is -2.35. The van der Waals surface area contributed by atoms with Gasteiger partial charge in [-0.05, 0) is 58.0 Å². The molecule has 1 aromatic rings. The number of thioether (sulfide) groups is 1. The Kier molecular flexibility index (Phi) is 7.59. The van der Waals surface area contributed by atoms with Gasteiger partial charge in [-0.3, -0.25) is 4.90 Å². The number of nitrogens with zero attached hydrogens (tertiary/aromatic N) is 1. The summed E-state index contributed by atoms with van der Waals surface area (Å²) < 4.78 is 1.32. The SMILES string of the molecule is CCCSc1ccc(C(O)CCN(CC)C(C)(C)C)s1. The van der Waals surface area contributed by atoms with Crippen LogP contribution in [0.25, 0.3) is 0 Å². The first-order valence-electron chi connectivity index (χ1n) is 7.54. The third kappa shape index (κ3) is 5.76. The highest BCUT2D eigenvalue weighted by molar-refractivity contribution is 8.01. The molecular weight excluding hydrogens is 286 g/mol. The van der Waals surface area contributed by atoms with Gasteiger partial charge in [-0.1, -0.05) is 13.8 Å². The van der Waals surface area contributed by atoms with Crippen molar-refractivity contribution in [2.24, 2.45) is 0 Å². The Bertz CT molecular complexity index is 384. The fraction of sp³-hybridized carbons (Fsp3) is 0.750. The summed E-state index contributed by atoms with van der Waals surface area (Å²) in [7, 11) is 0. The number of aliphatic hydroxyl groups is 1. The Balaban J connectivity index is 2.49.